The van der Waals surface area contributed by atoms with Crippen LogP contribution in [0.2, 0.25) is 0 Å². The minimum Gasteiger partial charge on any atom is -0.351 e. The maximum Gasteiger partial charge on any atom is 0.265 e. The Morgan fingerprint density at radius 1 is 0.947 bits per heavy atom. The molecule has 0 saturated carbocycles. The second-order valence-corrected chi connectivity index (χ2v) is 11.2. The van der Waals surface area contributed by atoms with Gasteiger partial charge in [0.1, 0.15) is 0 Å². The van der Waals surface area contributed by atoms with Gasteiger partial charge >= 0.3 is 0 Å². The largest absolute Gasteiger partial charge is 0.351 e. The fraction of sp³-hybridized carbons (Fsp3) is 0.312. The lowest BCUT2D eigenvalue weighted by Gasteiger charge is -2.30. The standard InChI is InChI=1S/C32H35N3O2S/c1-24-9-8-10-26(21-24)23-35-28-11-4-5-12-29(28)38-30(32(35)37)22-25-13-15-27(16-14-25)31(36)33-17-20-34-18-6-2-3-7-19-34/h4-5,8-16,21-22H,2-3,6-7,17-20,23H2,1H3,(H,33,36)/b30-22+. The van der Waals surface area contributed by atoms with E-state index >= 15 is 0 Å². The van der Waals surface area contributed by atoms with Crippen molar-refractivity contribution in [3.8, 4) is 0 Å². The number of nitrogens with zero attached hydrogens (tertiary/aromatic N) is 2. The van der Waals surface area contributed by atoms with Crippen molar-refractivity contribution in [2.24, 2.45) is 0 Å². The van der Waals surface area contributed by atoms with Gasteiger partial charge in [0.25, 0.3) is 11.8 Å². The van der Waals surface area contributed by atoms with E-state index in [9.17, 15) is 9.59 Å². The van der Waals surface area contributed by atoms with Gasteiger partial charge in [0.05, 0.1) is 17.1 Å². The minimum atomic E-state index is -0.0552. The van der Waals surface area contributed by atoms with Crippen LogP contribution in [0.1, 0.15) is 52.7 Å². The van der Waals surface area contributed by atoms with E-state index < -0.39 is 0 Å². The van der Waals surface area contributed by atoms with Crippen molar-refractivity contribution in [2.45, 2.75) is 44.0 Å². The fourth-order valence-corrected chi connectivity index (χ4v) is 6.14. The van der Waals surface area contributed by atoms with Gasteiger partial charge in [0.2, 0.25) is 0 Å². The molecule has 1 N–H and O–H groups in total. The summed E-state index contributed by atoms with van der Waals surface area (Å²) in [7, 11) is 0. The maximum absolute atomic E-state index is 13.6. The quantitative estimate of drug-likeness (QED) is 0.369. The highest BCUT2D eigenvalue weighted by atomic mass is 32.2. The van der Waals surface area contributed by atoms with Crippen molar-refractivity contribution in [3.05, 3.63) is 100.0 Å². The molecule has 38 heavy (non-hydrogen) atoms. The molecule has 6 heteroatoms. The summed E-state index contributed by atoms with van der Waals surface area (Å²) in [4.78, 5) is 32.3. The van der Waals surface area contributed by atoms with Crippen LogP contribution >= 0.6 is 11.8 Å². The van der Waals surface area contributed by atoms with Crippen LogP contribution in [-0.4, -0.2) is 42.9 Å². The van der Waals surface area contributed by atoms with Crippen LogP contribution in [0.3, 0.4) is 0 Å². The van der Waals surface area contributed by atoms with Crippen molar-refractivity contribution in [2.75, 3.05) is 31.1 Å². The number of amides is 2. The van der Waals surface area contributed by atoms with Crippen LogP contribution in [0.5, 0.6) is 0 Å². The average Bonchev–Trinajstić information content (AvgIpc) is 3.20. The third-order valence-electron chi connectivity index (χ3n) is 7.14. The molecule has 2 heterocycles. The second-order valence-electron chi connectivity index (χ2n) is 10.1. The number of nitrogens with one attached hydrogen (secondary N) is 1. The third-order valence-corrected chi connectivity index (χ3v) is 8.22. The van der Waals surface area contributed by atoms with Crippen molar-refractivity contribution >= 4 is 35.3 Å². The average molecular weight is 526 g/mol. The van der Waals surface area contributed by atoms with Crippen LogP contribution in [-0.2, 0) is 11.3 Å². The third kappa shape index (κ3) is 6.55. The maximum atomic E-state index is 13.6. The zero-order chi connectivity index (χ0) is 26.3. The molecule has 0 spiro atoms. The molecule has 5 rings (SSSR count). The van der Waals surface area contributed by atoms with Crippen molar-refractivity contribution < 1.29 is 9.59 Å². The Hall–Kier alpha value is -3.35. The van der Waals surface area contributed by atoms with Crippen molar-refractivity contribution in [1.82, 2.24) is 10.2 Å². The summed E-state index contributed by atoms with van der Waals surface area (Å²) in [5.41, 5.74) is 4.75. The first-order valence-corrected chi connectivity index (χ1v) is 14.3. The highest BCUT2D eigenvalue weighted by Gasteiger charge is 2.29. The Morgan fingerprint density at radius 3 is 2.47 bits per heavy atom. The highest BCUT2D eigenvalue weighted by molar-refractivity contribution is 8.04. The summed E-state index contributed by atoms with van der Waals surface area (Å²) >= 11 is 1.50. The number of carbonyl (C=O) groups excluding carboxylic acids is 2. The second kappa shape index (κ2) is 12.5. The first-order chi connectivity index (χ1) is 18.6. The zero-order valence-corrected chi connectivity index (χ0v) is 22.8. The van der Waals surface area contributed by atoms with Gasteiger partial charge in [-0.15, -0.1) is 0 Å². The first-order valence-electron chi connectivity index (χ1n) is 13.5. The smallest absolute Gasteiger partial charge is 0.265 e. The van der Waals surface area contributed by atoms with Crippen molar-refractivity contribution in [1.29, 1.82) is 0 Å². The summed E-state index contributed by atoms with van der Waals surface area (Å²) in [6, 6.07) is 23.8. The highest BCUT2D eigenvalue weighted by Crippen LogP contribution is 2.42. The molecule has 1 saturated heterocycles. The minimum absolute atomic E-state index is 0.00876. The number of fused-ring (bicyclic) bond motifs is 1. The molecule has 0 atom stereocenters. The Morgan fingerprint density at radius 2 is 1.71 bits per heavy atom. The lowest BCUT2D eigenvalue weighted by atomic mass is 10.1. The summed E-state index contributed by atoms with van der Waals surface area (Å²) in [6.07, 6.45) is 7.05. The summed E-state index contributed by atoms with van der Waals surface area (Å²) in [5.74, 6) is -0.0639. The molecule has 0 bridgehead atoms. The van der Waals surface area contributed by atoms with Crippen LogP contribution in [0.4, 0.5) is 5.69 Å². The Balaban J connectivity index is 1.26. The monoisotopic (exact) mass is 525 g/mol. The molecular weight excluding hydrogens is 490 g/mol. The summed E-state index contributed by atoms with van der Waals surface area (Å²) in [6.45, 7) is 6.40. The molecule has 5 nitrogen and oxygen atoms in total. The summed E-state index contributed by atoms with van der Waals surface area (Å²) in [5, 5.41) is 3.06. The molecule has 2 amide bonds. The van der Waals surface area contributed by atoms with E-state index in [-0.39, 0.29) is 11.8 Å². The predicted octanol–water partition coefficient (Wildman–Crippen LogP) is 6.28. The number of hydrogen-bond acceptors (Lipinski definition) is 4. The molecule has 2 aliphatic heterocycles. The molecule has 3 aromatic carbocycles. The molecule has 0 aliphatic carbocycles. The van der Waals surface area contributed by atoms with E-state index in [4.69, 9.17) is 0 Å². The number of hydrogen-bond donors (Lipinski definition) is 1. The van der Waals surface area contributed by atoms with Gasteiger partial charge < -0.3 is 15.1 Å². The number of carbonyl (C=O) groups is 2. The van der Waals surface area contributed by atoms with E-state index in [0.29, 0.717) is 23.6 Å². The number of aryl methyl sites for hydroxylation is 1. The van der Waals surface area contributed by atoms with Gasteiger partial charge in [-0.2, -0.15) is 0 Å². The zero-order valence-electron chi connectivity index (χ0n) is 22.0. The number of para-hydroxylation sites is 1. The lowest BCUT2D eigenvalue weighted by Crippen LogP contribution is -2.35. The number of rotatable bonds is 7. The molecule has 0 unspecified atom stereocenters. The van der Waals surface area contributed by atoms with Gasteiger partial charge in [-0.05, 0) is 74.3 Å². The van der Waals surface area contributed by atoms with Gasteiger partial charge in [-0.3, -0.25) is 9.59 Å². The van der Waals surface area contributed by atoms with E-state index in [1.54, 1.807) is 0 Å². The molecule has 1 fully saturated rings. The van der Waals surface area contributed by atoms with Crippen LogP contribution < -0.4 is 10.2 Å². The van der Waals surface area contributed by atoms with E-state index in [2.05, 4.69) is 41.4 Å². The molecule has 0 radical (unpaired) electrons. The fourth-order valence-electron chi connectivity index (χ4n) is 5.08. The lowest BCUT2D eigenvalue weighted by molar-refractivity contribution is -0.114. The Bertz CT molecular complexity index is 1310. The molecule has 0 aromatic heterocycles. The SMILES string of the molecule is Cc1cccc(CN2C(=O)/C(=C\c3ccc(C(=O)NCCN4CCCCCC4)cc3)Sc3ccccc32)c1. The normalized spacial score (nSPS) is 17.2. The van der Waals surface area contributed by atoms with Gasteiger partial charge in [-0.25, -0.2) is 0 Å². The number of thioether (sulfide) groups is 1. The summed E-state index contributed by atoms with van der Waals surface area (Å²) < 4.78 is 0. The van der Waals surface area contributed by atoms with Gasteiger partial charge in [-0.1, -0.05) is 78.7 Å². The van der Waals surface area contributed by atoms with Gasteiger partial charge in [0, 0.05) is 23.5 Å². The Labute approximate surface area is 229 Å². The van der Waals surface area contributed by atoms with E-state index in [0.717, 1.165) is 41.3 Å². The van der Waals surface area contributed by atoms with E-state index in [1.165, 1.54) is 43.0 Å². The first kappa shape index (κ1) is 26.3. The van der Waals surface area contributed by atoms with Gasteiger partial charge in [0.15, 0.2) is 0 Å². The van der Waals surface area contributed by atoms with Crippen LogP contribution in [0.15, 0.2) is 82.6 Å². The number of benzene rings is 3. The number of anilines is 1. The molecule has 3 aromatic rings. The van der Waals surface area contributed by atoms with Crippen molar-refractivity contribution in [3.63, 3.8) is 0 Å². The molecular formula is C32H35N3O2S. The number of likely N-dealkylation sites (tertiary alicyclic amines) is 1. The van der Waals surface area contributed by atoms with Crippen LogP contribution in [0.25, 0.3) is 6.08 Å². The topological polar surface area (TPSA) is 52.7 Å². The van der Waals surface area contributed by atoms with E-state index in [1.807, 2.05) is 59.5 Å². The Kier molecular flexibility index (Phi) is 8.61. The molecule has 196 valence electrons. The molecule has 2 aliphatic rings. The predicted molar refractivity (Wildman–Crippen MR) is 156 cm³/mol. The van der Waals surface area contributed by atoms with Crippen LogP contribution in [0, 0.1) is 6.92 Å².